The van der Waals surface area contributed by atoms with Gasteiger partial charge >= 0.3 is 0 Å². The van der Waals surface area contributed by atoms with Crippen LogP contribution in [0.15, 0.2) is 48.5 Å². The number of carbonyl (C=O) groups excluding carboxylic acids is 3. The van der Waals surface area contributed by atoms with Crippen molar-refractivity contribution in [2.24, 2.45) is 11.8 Å². The van der Waals surface area contributed by atoms with E-state index >= 15 is 0 Å². The Morgan fingerprint density at radius 1 is 0.977 bits per heavy atom. The predicted octanol–water partition coefficient (Wildman–Crippen LogP) is 4.76. The molecule has 3 aliphatic heterocycles. The second-order valence-electron chi connectivity index (χ2n) is 11.5. The largest absolute Gasteiger partial charge is 0.494 e. The molecule has 0 aliphatic carbocycles. The highest BCUT2D eigenvalue weighted by Gasteiger charge is 2.73. The maximum atomic E-state index is 14.2. The van der Waals surface area contributed by atoms with Crippen LogP contribution < -0.4 is 20.3 Å². The minimum Gasteiger partial charge on any atom is -0.494 e. The predicted molar refractivity (Wildman–Crippen MR) is 172 cm³/mol. The molecule has 5 rings (SSSR count). The lowest BCUT2D eigenvalue weighted by Crippen LogP contribution is -2.51. The van der Waals surface area contributed by atoms with Gasteiger partial charge in [-0.25, -0.2) is 0 Å². The Morgan fingerprint density at radius 2 is 1.63 bits per heavy atom. The van der Waals surface area contributed by atoms with E-state index in [9.17, 15) is 19.5 Å². The number of aliphatic hydroxyl groups excluding tert-OH is 1. The van der Waals surface area contributed by atoms with Gasteiger partial charge in [-0.05, 0) is 101 Å². The summed E-state index contributed by atoms with van der Waals surface area (Å²) in [5, 5.41) is 15.4. The highest BCUT2D eigenvalue weighted by Crippen LogP contribution is 2.66. The monoisotopic (exact) mass is 608 g/mol. The maximum absolute atomic E-state index is 14.2. The third kappa shape index (κ3) is 6.09. The first kappa shape index (κ1) is 31.2. The number of thioether (sulfide) groups is 1. The van der Waals surface area contributed by atoms with E-state index in [0.717, 1.165) is 43.8 Å². The minimum atomic E-state index is -0.667. The fourth-order valence-electron chi connectivity index (χ4n) is 7.15. The van der Waals surface area contributed by atoms with Gasteiger partial charge in [0.15, 0.2) is 0 Å². The number of hydrogen-bond acceptors (Lipinski definition) is 7. The molecule has 10 heteroatoms. The Balaban J connectivity index is 1.38. The average Bonchev–Trinajstić information content (AvgIpc) is 3.65. The fraction of sp³-hybridized carbons (Fsp3) is 0.545. The van der Waals surface area contributed by atoms with Crippen LogP contribution >= 0.6 is 11.8 Å². The van der Waals surface area contributed by atoms with Crippen molar-refractivity contribution in [2.75, 3.05) is 48.4 Å². The van der Waals surface area contributed by atoms with Gasteiger partial charge in [0.05, 0.1) is 23.2 Å². The van der Waals surface area contributed by atoms with Crippen LogP contribution in [0.4, 0.5) is 17.1 Å². The molecule has 3 fully saturated rings. The van der Waals surface area contributed by atoms with Gasteiger partial charge in [-0.15, -0.1) is 11.8 Å². The topological polar surface area (TPSA) is 111 Å². The summed E-state index contributed by atoms with van der Waals surface area (Å²) < 4.78 is 4.87. The van der Waals surface area contributed by atoms with E-state index in [1.54, 1.807) is 16.7 Å². The standard InChI is InChI=1S/C33H44N4O5S/c1-4-36(5-2)24-14-10-22(11-15-24)35-31(40)29-33-19-18-26(43-33)27(28(33)32(41)37(29)20-8-7-9-21-38)30(39)34-23-12-16-25(17-13-23)42-6-3/h10-17,26-29,38H,4-9,18-21H2,1-3H3,(H,34,39)(H,35,40)/t26-,27+,28+,29?,33?/m1/s1. The summed E-state index contributed by atoms with van der Waals surface area (Å²) in [6.07, 6.45) is 3.61. The van der Waals surface area contributed by atoms with Crippen LogP contribution in [-0.4, -0.2) is 76.6 Å². The molecule has 3 amide bonds. The number of amides is 3. The van der Waals surface area contributed by atoms with Crippen LogP contribution in [0.25, 0.3) is 0 Å². The molecule has 2 unspecified atom stereocenters. The van der Waals surface area contributed by atoms with E-state index in [0.29, 0.717) is 37.4 Å². The van der Waals surface area contributed by atoms with Crippen LogP contribution in [-0.2, 0) is 14.4 Å². The Bertz CT molecular complexity index is 1290. The first-order chi connectivity index (χ1) is 20.9. The van der Waals surface area contributed by atoms with Crippen LogP contribution in [0.5, 0.6) is 5.75 Å². The van der Waals surface area contributed by atoms with Crippen molar-refractivity contribution < 1.29 is 24.2 Å². The lowest BCUT2D eigenvalue weighted by molar-refractivity contribution is -0.138. The van der Waals surface area contributed by atoms with Gasteiger partial charge in [0, 0.05) is 48.6 Å². The highest BCUT2D eigenvalue weighted by atomic mass is 32.2. The summed E-state index contributed by atoms with van der Waals surface area (Å²) in [6, 6.07) is 14.4. The van der Waals surface area contributed by atoms with E-state index < -0.39 is 22.6 Å². The third-order valence-electron chi connectivity index (χ3n) is 9.10. The molecule has 3 aliphatic rings. The van der Waals surface area contributed by atoms with E-state index in [-0.39, 0.29) is 29.6 Å². The molecule has 2 aromatic rings. The Morgan fingerprint density at radius 3 is 2.26 bits per heavy atom. The molecular weight excluding hydrogens is 564 g/mol. The van der Waals surface area contributed by atoms with Crippen molar-refractivity contribution in [2.45, 2.75) is 68.9 Å². The molecule has 232 valence electrons. The molecular formula is C33H44N4O5S. The second-order valence-corrected chi connectivity index (χ2v) is 13.1. The second kappa shape index (κ2) is 13.6. The number of carbonyl (C=O) groups is 3. The third-order valence-corrected chi connectivity index (χ3v) is 11.1. The summed E-state index contributed by atoms with van der Waals surface area (Å²) >= 11 is 1.67. The number of unbranched alkanes of at least 4 members (excludes halogenated alkanes) is 2. The smallest absolute Gasteiger partial charge is 0.248 e. The van der Waals surface area contributed by atoms with E-state index in [2.05, 4.69) is 29.4 Å². The number of nitrogens with one attached hydrogen (secondary N) is 2. The molecule has 3 heterocycles. The number of ether oxygens (including phenoxy) is 1. The zero-order valence-electron chi connectivity index (χ0n) is 25.4. The molecule has 3 saturated heterocycles. The Kier molecular flexibility index (Phi) is 9.86. The van der Waals surface area contributed by atoms with Gasteiger partial charge in [0.25, 0.3) is 0 Å². The quantitative estimate of drug-likeness (QED) is 0.265. The first-order valence-corrected chi connectivity index (χ1v) is 16.5. The number of hydrogen-bond donors (Lipinski definition) is 3. The van der Waals surface area contributed by atoms with Crippen molar-refractivity contribution in [3.63, 3.8) is 0 Å². The van der Waals surface area contributed by atoms with Crippen molar-refractivity contribution in [3.05, 3.63) is 48.5 Å². The molecule has 2 bridgehead atoms. The van der Waals surface area contributed by atoms with Gasteiger partial charge < -0.3 is 30.3 Å². The van der Waals surface area contributed by atoms with Crippen LogP contribution in [0, 0.1) is 11.8 Å². The summed E-state index contributed by atoms with van der Waals surface area (Å²) in [6.45, 7) is 9.02. The normalized spacial score (nSPS) is 25.5. The molecule has 0 radical (unpaired) electrons. The van der Waals surface area contributed by atoms with Gasteiger partial charge in [0.1, 0.15) is 11.8 Å². The average molecular weight is 609 g/mol. The van der Waals surface area contributed by atoms with Crippen molar-refractivity contribution in [3.8, 4) is 5.75 Å². The molecule has 1 spiro atoms. The molecule has 9 nitrogen and oxygen atoms in total. The number of nitrogens with zero attached hydrogens (tertiary/aromatic N) is 2. The van der Waals surface area contributed by atoms with Crippen LogP contribution in [0.1, 0.15) is 52.9 Å². The summed E-state index contributed by atoms with van der Waals surface area (Å²) in [4.78, 5) is 46.0. The summed E-state index contributed by atoms with van der Waals surface area (Å²) in [7, 11) is 0. The molecule has 2 aromatic carbocycles. The zero-order valence-corrected chi connectivity index (χ0v) is 26.2. The minimum absolute atomic E-state index is 0.0168. The lowest BCUT2D eigenvalue weighted by Gasteiger charge is -2.34. The van der Waals surface area contributed by atoms with Crippen LogP contribution in [0.3, 0.4) is 0 Å². The number of aliphatic hydroxyl groups is 1. The molecule has 5 atom stereocenters. The molecule has 43 heavy (non-hydrogen) atoms. The summed E-state index contributed by atoms with van der Waals surface area (Å²) in [5.41, 5.74) is 2.44. The van der Waals surface area contributed by atoms with Gasteiger partial charge in [0.2, 0.25) is 17.7 Å². The molecule has 3 N–H and O–H groups in total. The number of rotatable bonds is 14. The van der Waals surface area contributed by atoms with Gasteiger partial charge in [-0.2, -0.15) is 0 Å². The molecule has 0 saturated carbocycles. The van der Waals surface area contributed by atoms with E-state index in [1.807, 2.05) is 55.5 Å². The lowest BCUT2D eigenvalue weighted by atomic mass is 9.70. The maximum Gasteiger partial charge on any atom is 0.248 e. The SMILES string of the molecule is CCOc1ccc(NC(=O)[C@@H]2[C@H]3C(=O)N(CCCCCO)C(C(=O)Nc4ccc(N(CC)CC)cc4)C34CC[C@H]2S4)cc1. The highest BCUT2D eigenvalue weighted by molar-refractivity contribution is 8.02. The van der Waals surface area contributed by atoms with Crippen molar-refractivity contribution >= 4 is 46.5 Å². The van der Waals surface area contributed by atoms with Gasteiger partial charge in [-0.3, -0.25) is 14.4 Å². The van der Waals surface area contributed by atoms with E-state index in [4.69, 9.17) is 4.74 Å². The Hall–Kier alpha value is -3.24. The van der Waals surface area contributed by atoms with Gasteiger partial charge in [-0.1, -0.05) is 0 Å². The zero-order chi connectivity index (χ0) is 30.6. The van der Waals surface area contributed by atoms with Crippen LogP contribution in [0.2, 0.25) is 0 Å². The fourth-order valence-corrected chi connectivity index (χ4v) is 9.37. The number of benzene rings is 2. The number of likely N-dealkylation sites (tertiary alicyclic amines) is 1. The van der Waals surface area contributed by atoms with Crippen molar-refractivity contribution in [1.82, 2.24) is 4.90 Å². The first-order valence-electron chi connectivity index (χ1n) is 15.7. The molecule has 0 aromatic heterocycles. The van der Waals surface area contributed by atoms with Crippen molar-refractivity contribution in [1.29, 1.82) is 0 Å². The number of anilines is 3. The summed E-state index contributed by atoms with van der Waals surface area (Å²) in [5.74, 6) is -0.817. The number of fused-ring (bicyclic) bond motifs is 1. The Labute approximate surface area is 258 Å². The van der Waals surface area contributed by atoms with E-state index in [1.165, 1.54) is 0 Å².